The third kappa shape index (κ3) is 3.53. The van der Waals surface area contributed by atoms with Gasteiger partial charge in [0.1, 0.15) is 0 Å². The number of rotatable bonds is 3. The van der Waals surface area contributed by atoms with E-state index in [9.17, 15) is 8.76 Å². The summed E-state index contributed by atoms with van der Waals surface area (Å²) >= 11 is -1.95. The second-order valence-electron chi connectivity index (χ2n) is 6.52. The van der Waals surface area contributed by atoms with Gasteiger partial charge in [-0.1, -0.05) is 12.1 Å². The van der Waals surface area contributed by atoms with E-state index in [1.54, 1.807) is 6.07 Å². The van der Waals surface area contributed by atoms with Gasteiger partial charge in [0, 0.05) is 31.9 Å². The van der Waals surface area contributed by atoms with Crippen LogP contribution in [0.25, 0.3) is 11.1 Å². The molecule has 0 saturated carbocycles. The first kappa shape index (κ1) is 17.1. The molecule has 5 heteroatoms. The summed E-state index contributed by atoms with van der Waals surface area (Å²) in [7, 11) is 2.16. The van der Waals surface area contributed by atoms with Crippen LogP contribution in [-0.2, 0) is 11.1 Å². The van der Waals surface area contributed by atoms with E-state index in [0.29, 0.717) is 4.90 Å². The molecule has 128 valence electrons. The monoisotopic (exact) mass is 344 g/mol. The van der Waals surface area contributed by atoms with Gasteiger partial charge in [0.15, 0.2) is 11.1 Å². The highest BCUT2D eigenvalue weighted by Gasteiger charge is 2.16. The molecule has 1 atom stereocenters. The van der Waals surface area contributed by atoms with E-state index in [0.717, 1.165) is 42.9 Å². The van der Waals surface area contributed by atoms with Gasteiger partial charge in [0.25, 0.3) is 0 Å². The molecule has 2 aromatic rings. The van der Waals surface area contributed by atoms with Crippen molar-refractivity contribution in [1.82, 2.24) is 4.90 Å². The van der Waals surface area contributed by atoms with Crippen molar-refractivity contribution >= 4 is 16.8 Å². The molecule has 1 unspecified atom stereocenters. The maximum Gasteiger partial charge on any atom is 0.186 e. The Morgan fingerprint density at radius 3 is 2.29 bits per heavy atom. The van der Waals surface area contributed by atoms with E-state index in [2.05, 4.69) is 42.0 Å². The molecule has 1 N–H and O–H groups in total. The first-order valence-corrected chi connectivity index (χ1v) is 9.32. The molecule has 2 aromatic carbocycles. The third-order valence-electron chi connectivity index (χ3n) is 4.76. The van der Waals surface area contributed by atoms with Crippen molar-refractivity contribution in [2.24, 2.45) is 0 Å². The minimum atomic E-state index is -1.95. The molecule has 0 radical (unpaired) electrons. The summed E-state index contributed by atoms with van der Waals surface area (Å²) in [4.78, 5) is 5.23. The number of hydrogen-bond donors (Lipinski definition) is 1. The van der Waals surface area contributed by atoms with Crippen molar-refractivity contribution < 1.29 is 8.76 Å². The first-order chi connectivity index (χ1) is 11.5. The molecule has 1 aliphatic heterocycles. The predicted octanol–water partition coefficient (Wildman–Crippen LogP) is 3.30. The molecule has 1 saturated heterocycles. The van der Waals surface area contributed by atoms with Gasteiger partial charge in [-0.25, -0.2) is 4.21 Å². The predicted molar refractivity (Wildman–Crippen MR) is 100 cm³/mol. The molecule has 1 fully saturated rings. The summed E-state index contributed by atoms with van der Waals surface area (Å²) in [6.45, 7) is 8.45. The lowest BCUT2D eigenvalue weighted by molar-refractivity contribution is 0.312. The van der Waals surface area contributed by atoms with Crippen LogP contribution in [0.3, 0.4) is 0 Å². The number of anilines is 1. The summed E-state index contributed by atoms with van der Waals surface area (Å²) in [6, 6.07) is 11.9. The molecule has 1 heterocycles. The lowest BCUT2D eigenvalue weighted by Crippen LogP contribution is -2.44. The maximum atomic E-state index is 11.4. The van der Waals surface area contributed by atoms with Gasteiger partial charge < -0.3 is 14.4 Å². The number of nitrogens with zero attached hydrogens (tertiary/aromatic N) is 2. The molecular formula is C19H24N2O2S. The SMILES string of the molecule is Cc1ccc(S(=O)O)cc1-c1ccc(N2CCN(C)CC2)c(C)c1. The summed E-state index contributed by atoms with van der Waals surface area (Å²) in [5.41, 5.74) is 5.74. The van der Waals surface area contributed by atoms with Crippen LogP contribution in [0.1, 0.15) is 11.1 Å². The summed E-state index contributed by atoms with van der Waals surface area (Å²) < 4.78 is 20.7. The van der Waals surface area contributed by atoms with E-state index in [4.69, 9.17) is 0 Å². The molecule has 0 spiro atoms. The highest BCUT2D eigenvalue weighted by Crippen LogP contribution is 2.30. The molecule has 24 heavy (non-hydrogen) atoms. The summed E-state index contributed by atoms with van der Waals surface area (Å²) in [5.74, 6) is 0. The first-order valence-electron chi connectivity index (χ1n) is 8.22. The summed E-state index contributed by atoms with van der Waals surface area (Å²) in [6.07, 6.45) is 0. The molecule has 1 aliphatic rings. The average Bonchev–Trinajstić information content (AvgIpc) is 2.56. The van der Waals surface area contributed by atoms with Gasteiger partial charge >= 0.3 is 0 Å². The molecule has 0 amide bonds. The van der Waals surface area contributed by atoms with Crippen molar-refractivity contribution in [2.45, 2.75) is 18.7 Å². The number of piperazine rings is 1. The standard InChI is InChI=1S/C19H24N2O2S/c1-14-4-6-17(24(22)23)13-18(14)16-5-7-19(15(2)12-16)21-10-8-20(3)9-11-21/h4-7,12-13H,8-11H2,1-3H3,(H,22,23). The van der Waals surface area contributed by atoms with E-state index < -0.39 is 11.1 Å². The fraction of sp³-hybridized carbons (Fsp3) is 0.368. The van der Waals surface area contributed by atoms with E-state index in [1.165, 1.54) is 11.3 Å². The average molecular weight is 344 g/mol. The minimum absolute atomic E-state index is 0.441. The van der Waals surface area contributed by atoms with Crippen molar-refractivity contribution in [3.63, 3.8) is 0 Å². The normalized spacial score (nSPS) is 17.1. The van der Waals surface area contributed by atoms with Crippen LogP contribution in [0, 0.1) is 13.8 Å². The fourth-order valence-electron chi connectivity index (χ4n) is 3.25. The largest absolute Gasteiger partial charge is 0.369 e. The quantitative estimate of drug-likeness (QED) is 0.868. The Labute approximate surface area is 146 Å². The maximum absolute atomic E-state index is 11.4. The zero-order chi connectivity index (χ0) is 17.3. The smallest absolute Gasteiger partial charge is 0.186 e. The van der Waals surface area contributed by atoms with Gasteiger partial charge in [0.2, 0.25) is 0 Å². The highest BCUT2D eigenvalue weighted by atomic mass is 32.2. The third-order valence-corrected chi connectivity index (χ3v) is 5.42. The Morgan fingerprint density at radius 1 is 0.958 bits per heavy atom. The Balaban J connectivity index is 1.93. The topological polar surface area (TPSA) is 43.8 Å². The van der Waals surface area contributed by atoms with Crippen LogP contribution in [0.4, 0.5) is 5.69 Å². The molecule has 0 bridgehead atoms. The van der Waals surface area contributed by atoms with Gasteiger partial charge in [-0.15, -0.1) is 0 Å². The molecule has 0 aromatic heterocycles. The number of aryl methyl sites for hydroxylation is 2. The van der Waals surface area contributed by atoms with Crippen LogP contribution in [0.5, 0.6) is 0 Å². The highest BCUT2D eigenvalue weighted by molar-refractivity contribution is 7.79. The van der Waals surface area contributed by atoms with Gasteiger partial charge in [-0.2, -0.15) is 0 Å². The van der Waals surface area contributed by atoms with Gasteiger partial charge in [0.05, 0.1) is 4.90 Å². The van der Waals surface area contributed by atoms with Crippen LogP contribution in [0.15, 0.2) is 41.3 Å². The second-order valence-corrected chi connectivity index (χ2v) is 7.49. The lowest BCUT2D eigenvalue weighted by Gasteiger charge is -2.35. The Hall–Kier alpha value is -1.69. The molecule has 4 nitrogen and oxygen atoms in total. The van der Waals surface area contributed by atoms with Crippen molar-refractivity contribution in [3.05, 3.63) is 47.5 Å². The molecule has 3 rings (SSSR count). The Kier molecular flexibility index (Phi) is 5.04. The van der Waals surface area contributed by atoms with Crippen LogP contribution < -0.4 is 4.90 Å². The van der Waals surface area contributed by atoms with Crippen molar-refractivity contribution in [2.75, 3.05) is 38.1 Å². The second kappa shape index (κ2) is 7.05. The lowest BCUT2D eigenvalue weighted by atomic mass is 9.98. The Bertz CT molecular complexity index is 768. The van der Waals surface area contributed by atoms with Crippen LogP contribution in [0.2, 0.25) is 0 Å². The zero-order valence-corrected chi connectivity index (χ0v) is 15.3. The number of hydrogen-bond acceptors (Lipinski definition) is 3. The molecular weight excluding hydrogens is 320 g/mol. The molecule has 0 aliphatic carbocycles. The van der Waals surface area contributed by atoms with E-state index in [-0.39, 0.29) is 0 Å². The number of benzene rings is 2. The van der Waals surface area contributed by atoms with Gasteiger partial charge in [-0.3, -0.25) is 0 Å². The van der Waals surface area contributed by atoms with Crippen molar-refractivity contribution in [3.8, 4) is 11.1 Å². The number of likely N-dealkylation sites (N-methyl/N-ethyl adjacent to an activating group) is 1. The fourth-order valence-corrected chi connectivity index (χ4v) is 3.65. The minimum Gasteiger partial charge on any atom is -0.369 e. The summed E-state index contributed by atoms with van der Waals surface area (Å²) in [5, 5.41) is 0. The van der Waals surface area contributed by atoms with Crippen LogP contribution >= 0.6 is 0 Å². The van der Waals surface area contributed by atoms with Crippen molar-refractivity contribution in [1.29, 1.82) is 0 Å². The van der Waals surface area contributed by atoms with Crippen LogP contribution in [-0.4, -0.2) is 46.9 Å². The Morgan fingerprint density at radius 2 is 1.67 bits per heavy atom. The van der Waals surface area contributed by atoms with Gasteiger partial charge in [-0.05, 0) is 67.4 Å². The van der Waals surface area contributed by atoms with E-state index in [1.807, 2.05) is 19.1 Å². The zero-order valence-electron chi connectivity index (χ0n) is 14.5. The van der Waals surface area contributed by atoms with E-state index >= 15 is 0 Å².